The fourth-order valence-electron chi connectivity index (χ4n) is 2.47. The van der Waals surface area contributed by atoms with Gasteiger partial charge in [0.15, 0.2) is 0 Å². The van der Waals surface area contributed by atoms with Crippen molar-refractivity contribution in [2.24, 2.45) is 0 Å². The molecule has 116 valence electrons. The lowest BCUT2D eigenvalue weighted by Gasteiger charge is -2.14. The molecule has 3 aromatic rings. The minimum atomic E-state index is -1.07. The molecular formula is C17H15N3O3. The van der Waals surface area contributed by atoms with Gasteiger partial charge in [-0.3, -0.25) is 9.78 Å². The molecule has 1 atom stereocenters. The van der Waals surface area contributed by atoms with Gasteiger partial charge in [-0.25, -0.2) is 4.79 Å². The summed E-state index contributed by atoms with van der Waals surface area (Å²) >= 11 is 0. The van der Waals surface area contributed by atoms with E-state index < -0.39 is 17.9 Å². The van der Waals surface area contributed by atoms with E-state index in [1.807, 2.05) is 24.3 Å². The Morgan fingerprint density at radius 1 is 1.17 bits per heavy atom. The number of carboxylic acid groups (broad SMARTS) is 1. The third kappa shape index (κ3) is 3.21. The molecule has 0 saturated carbocycles. The van der Waals surface area contributed by atoms with Crippen molar-refractivity contribution in [3.8, 4) is 0 Å². The quantitative estimate of drug-likeness (QED) is 0.671. The molecule has 0 bridgehead atoms. The Bertz CT molecular complexity index is 842. The van der Waals surface area contributed by atoms with Crippen LogP contribution >= 0.6 is 0 Å². The smallest absolute Gasteiger partial charge is 0.326 e. The molecule has 2 heterocycles. The second-order valence-electron chi connectivity index (χ2n) is 5.16. The van der Waals surface area contributed by atoms with Crippen molar-refractivity contribution < 1.29 is 14.7 Å². The lowest BCUT2D eigenvalue weighted by Crippen LogP contribution is -2.42. The van der Waals surface area contributed by atoms with Gasteiger partial charge < -0.3 is 15.4 Å². The number of aromatic nitrogens is 2. The number of benzene rings is 1. The van der Waals surface area contributed by atoms with Crippen molar-refractivity contribution in [3.05, 3.63) is 66.1 Å². The molecule has 2 aromatic heterocycles. The summed E-state index contributed by atoms with van der Waals surface area (Å²) in [6.07, 6.45) is 4.96. The Morgan fingerprint density at radius 3 is 2.65 bits per heavy atom. The predicted octanol–water partition coefficient (Wildman–Crippen LogP) is 1.99. The van der Waals surface area contributed by atoms with Crippen LogP contribution in [0.4, 0.5) is 0 Å². The second kappa shape index (κ2) is 6.31. The van der Waals surface area contributed by atoms with Crippen LogP contribution in [0.3, 0.4) is 0 Å². The number of carbonyl (C=O) groups is 2. The molecule has 6 nitrogen and oxygen atoms in total. The molecule has 1 aromatic carbocycles. The Hall–Kier alpha value is -3.15. The minimum absolute atomic E-state index is 0.205. The number of para-hydroxylation sites is 1. The van der Waals surface area contributed by atoms with E-state index in [-0.39, 0.29) is 6.42 Å². The highest BCUT2D eigenvalue weighted by atomic mass is 16.4. The zero-order valence-electron chi connectivity index (χ0n) is 12.2. The number of hydrogen-bond acceptors (Lipinski definition) is 3. The first-order valence-corrected chi connectivity index (χ1v) is 7.14. The molecule has 23 heavy (non-hydrogen) atoms. The number of H-pyrrole nitrogens is 1. The van der Waals surface area contributed by atoms with Crippen LogP contribution < -0.4 is 5.32 Å². The van der Waals surface area contributed by atoms with Gasteiger partial charge in [-0.1, -0.05) is 18.2 Å². The molecule has 0 aliphatic heterocycles. The van der Waals surface area contributed by atoms with Crippen molar-refractivity contribution in [1.82, 2.24) is 15.3 Å². The second-order valence-corrected chi connectivity index (χ2v) is 5.16. The van der Waals surface area contributed by atoms with Gasteiger partial charge in [0.05, 0.1) is 0 Å². The van der Waals surface area contributed by atoms with Gasteiger partial charge in [0.25, 0.3) is 5.91 Å². The number of hydrogen-bond donors (Lipinski definition) is 3. The zero-order valence-corrected chi connectivity index (χ0v) is 12.2. The van der Waals surface area contributed by atoms with Crippen molar-refractivity contribution >= 4 is 22.8 Å². The van der Waals surface area contributed by atoms with E-state index in [9.17, 15) is 14.7 Å². The average Bonchev–Trinajstić information content (AvgIpc) is 2.98. The van der Waals surface area contributed by atoms with E-state index in [1.54, 1.807) is 18.3 Å². The van der Waals surface area contributed by atoms with Crippen LogP contribution in [0, 0.1) is 0 Å². The highest BCUT2D eigenvalue weighted by Gasteiger charge is 2.22. The number of carboxylic acids is 1. The van der Waals surface area contributed by atoms with Crippen molar-refractivity contribution in [2.45, 2.75) is 12.5 Å². The lowest BCUT2D eigenvalue weighted by atomic mass is 10.0. The SMILES string of the molecule is O=C(N[C@@H](Cc1c[nH]c2ccccc12)C(=O)O)c1ccncc1. The van der Waals surface area contributed by atoms with Crippen LogP contribution in [0.2, 0.25) is 0 Å². The van der Waals surface area contributed by atoms with Gasteiger partial charge in [0, 0.05) is 41.5 Å². The number of fused-ring (bicyclic) bond motifs is 1. The Morgan fingerprint density at radius 2 is 1.91 bits per heavy atom. The maximum atomic E-state index is 12.1. The Balaban J connectivity index is 1.80. The first-order chi connectivity index (χ1) is 11.1. The van der Waals surface area contributed by atoms with Crippen molar-refractivity contribution in [3.63, 3.8) is 0 Å². The van der Waals surface area contributed by atoms with Gasteiger partial charge in [-0.05, 0) is 23.8 Å². The summed E-state index contributed by atoms with van der Waals surface area (Å²) in [5.41, 5.74) is 2.17. The summed E-state index contributed by atoms with van der Waals surface area (Å²) in [5.74, 6) is -1.50. The van der Waals surface area contributed by atoms with E-state index in [4.69, 9.17) is 0 Å². The molecule has 0 aliphatic rings. The van der Waals surface area contributed by atoms with Crippen LogP contribution in [0.25, 0.3) is 10.9 Å². The average molecular weight is 309 g/mol. The molecule has 1 amide bonds. The predicted molar refractivity (Wildman–Crippen MR) is 85.1 cm³/mol. The van der Waals surface area contributed by atoms with Crippen LogP contribution in [-0.2, 0) is 11.2 Å². The van der Waals surface area contributed by atoms with Gasteiger partial charge in [0.1, 0.15) is 6.04 Å². The van der Waals surface area contributed by atoms with E-state index in [0.29, 0.717) is 5.56 Å². The minimum Gasteiger partial charge on any atom is -0.480 e. The first-order valence-electron chi connectivity index (χ1n) is 7.14. The standard InChI is InChI=1S/C17H15N3O3/c21-16(11-5-7-18-8-6-11)20-15(17(22)23)9-12-10-19-14-4-2-1-3-13(12)14/h1-8,10,15,19H,9H2,(H,20,21)(H,22,23)/t15-/m0/s1. The summed E-state index contributed by atoms with van der Waals surface area (Å²) in [4.78, 5) is 30.6. The fraction of sp³-hybridized carbons (Fsp3) is 0.118. The monoisotopic (exact) mass is 309 g/mol. The normalized spacial score (nSPS) is 12.0. The third-order valence-electron chi connectivity index (χ3n) is 3.64. The van der Waals surface area contributed by atoms with Crippen molar-refractivity contribution in [2.75, 3.05) is 0 Å². The van der Waals surface area contributed by atoms with E-state index in [1.165, 1.54) is 12.4 Å². The largest absolute Gasteiger partial charge is 0.480 e. The zero-order chi connectivity index (χ0) is 16.2. The molecule has 0 aliphatic carbocycles. The number of nitrogens with zero attached hydrogens (tertiary/aromatic N) is 1. The molecule has 0 unspecified atom stereocenters. The molecule has 6 heteroatoms. The highest BCUT2D eigenvalue weighted by molar-refractivity contribution is 5.96. The third-order valence-corrected chi connectivity index (χ3v) is 3.64. The molecular weight excluding hydrogens is 294 g/mol. The Kier molecular flexibility index (Phi) is 4.05. The number of carbonyl (C=O) groups excluding carboxylic acids is 1. The number of aliphatic carboxylic acids is 1. The van der Waals surface area contributed by atoms with E-state index >= 15 is 0 Å². The van der Waals surface area contributed by atoms with Crippen LogP contribution in [0.15, 0.2) is 55.0 Å². The molecule has 0 radical (unpaired) electrons. The summed E-state index contributed by atoms with van der Waals surface area (Å²) in [5, 5.41) is 12.9. The van der Waals surface area contributed by atoms with Crippen molar-refractivity contribution in [1.29, 1.82) is 0 Å². The van der Waals surface area contributed by atoms with E-state index in [0.717, 1.165) is 16.5 Å². The number of amides is 1. The maximum Gasteiger partial charge on any atom is 0.326 e. The fourth-order valence-corrected chi connectivity index (χ4v) is 2.47. The summed E-state index contributed by atoms with van der Waals surface area (Å²) in [6.45, 7) is 0. The highest BCUT2D eigenvalue weighted by Crippen LogP contribution is 2.19. The molecule has 3 N–H and O–H groups in total. The summed E-state index contributed by atoms with van der Waals surface area (Å²) in [6, 6.07) is 9.72. The van der Waals surface area contributed by atoms with E-state index in [2.05, 4.69) is 15.3 Å². The molecule has 0 fully saturated rings. The van der Waals surface area contributed by atoms with Crippen LogP contribution in [0.1, 0.15) is 15.9 Å². The van der Waals surface area contributed by atoms with Crippen LogP contribution in [0.5, 0.6) is 0 Å². The van der Waals surface area contributed by atoms with Gasteiger partial charge in [-0.2, -0.15) is 0 Å². The van der Waals surface area contributed by atoms with Gasteiger partial charge in [0.2, 0.25) is 0 Å². The van der Waals surface area contributed by atoms with Crippen LogP contribution in [-0.4, -0.2) is 33.0 Å². The first kappa shape index (κ1) is 14.8. The molecule has 0 saturated heterocycles. The number of pyridine rings is 1. The maximum absolute atomic E-state index is 12.1. The molecule has 3 rings (SSSR count). The summed E-state index contributed by atoms with van der Waals surface area (Å²) < 4.78 is 0. The lowest BCUT2D eigenvalue weighted by molar-refractivity contribution is -0.139. The number of rotatable bonds is 5. The van der Waals surface area contributed by atoms with Gasteiger partial charge in [-0.15, -0.1) is 0 Å². The number of nitrogens with one attached hydrogen (secondary N) is 2. The topological polar surface area (TPSA) is 95.1 Å². The number of aromatic amines is 1. The van der Waals surface area contributed by atoms with Gasteiger partial charge >= 0.3 is 5.97 Å². The molecule has 0 spiro atoms. The summed E-state index contributed by atoms with van der Waals surface area (Å²) in [7, 11) is 0. The Labute approximate surface area is 132 Å².